The van der Waals surface area contributed by atoms with Gasteiger partial charge in [-0.25, -0.2) is 24.0 Å². The molecule has 0 unspecified atom stereocenters. The molecular weight excluding hydrogens is 420 g/mol. The van der Waals surface area contributed by atoms with Crippen LogP contribution in [-0.2, 0) is 9.47 Å². The highest BCUT2D eigenvalue weighted by molar-refractivity contribution is 6.16. The summed E-state index contributed by atoms with van der Waals surface area (Å²) in [7, 11) is 0. The number of hydrogen-bond acceptors (Lipinski definition) is 9. The molecule has 3 aromatic carbocycles. The monoisotopic (exact) mass is 430 g/mol. The molecule has 0 atom stereocenters. The van der Waals surface area contributed by atoms with Gasteiger partial charge in [0.1, 0.15) is 17.2 Å². The first-order chi connectivity index (χ1) is 15.4. The standard InChI is InChI=1S/C23H10O9/c24-19(11-1-7-15-17(9-11)22(27)31-20(15)25)30-13-4-2-12(3-5-13)29-14-6-8-16-18(10-14)23(28)32-21(16)26/h1-10H. The Labute approximate surface area is 179 Å². The van der Waals surface area contributed by atoms with E-state index in [1.54, 1.807) is 0 Å². The van der Waals surface area contributed by atoms with Crippen molar-refractivity contribution in [2.45, 2.75) is 0 Å². The molecule has 0 saturated heterocycles. The van der Waals surface area contributed by atoms with Crippen molar-refractivity contribution in [2.24, 2.45) is 0 Å². The minimum absolute atomic E-state index is 0.00752. The van der Waals surface area contributed by atoms with Crippen molar-refractivity contribution in [3.63, 3.8) is 0 Å². The summed E-state index contributed by atoms with van der Waals surface area (Å²) in [5.74, 6) is -2.81. The molecule has 156 valence electrons. The lowest BCUT2D eigenvalue weighted by Gasteiger charge is -2.08. The van der Waals surface area contributed by atoms with E-state index in [2.05, 4.69) is 9.47 Å². The Hall–Kier alpha value is -4.79. The Kier molecular flexibility index (Phi) is 4.30. The minimum atomic E-state index is -0.815. The van der Waals surface area contributed by atoms with Gasteiger partial charge in [-0.05, 0) is 60.7 Å². The summed E-state index contributed by atoms with van der Waals surface area (Å²) in [5, 5.41) is 0. The Bertz CT molecular complexity index is 1350. The maximum atomic E-state index is 12.4. The van der Waals surface area contributed by atoms with E-state index in [4.69, 9.17) is 9.47 Å². The zero-order valence-electron chi connectivity index (χ0n) is 15.9. The number of esters is 5. The Morgan fingerprint density at radius 3 is 1.72 bits per heavy atom. The molecule has 0 amide bonds. The van der Waals surface area contributed by atoms with Crippen molar-refractivity contribution in [2.75, 3.05) is 0 Å². The SMILES string of the molecule is O=C(Oc1ccc(Oc2ccc3c(c2)C(=O)OC3=O)cc1)c1ccc2c(c1)C(=O)OC2=O. The van der Waals surface area contributed by atoms with Crippen molar-refractivity contribution in [3.8, 4) is 17.2 Å². The molecule has 32 heavy (non-hydrogen) atoms. The molecule has 0 spiro atoms. The molecular formula is C23H10O9. The molecule has 9 heteroatoms. The van der Waals surface area contributed by atoms with Crippen LogP contribution in [0.3, 0.4) is 0 Å². The van der Waals surface area contributed by atoms with E-state index in [1.165, 1.54) is 60.7 Å². The normalized spacial score (nSPS) is 13.9. The molecule has 0 saturated carbocycles. The van der Waals surface area contributed by atoms with E-state index in [1.807, 2.05) is 0 Å². The molecule has 5 rings (SSSR count). The minimum Gasteiger partial charge on any atom is -0.457 e. The first kappa shape index (κ1) is 19.2. The van der Waals surface area contributed by atoms with Crippen molar-refractivity contribution in [1.82, 2.24) is 0 Å². The van der Waals surface area contributed by atoms with Gasteiger partial charge in [-0.1, -0.05) is 0 Å². The maximum absolute atomic E-state index is 12.4. The molecule has 9 nitrogen and oxygen atoms in total. The fourth-order valence-corrected chi connectivity index (χ4v) is 3.22. The molecule has 2 heterocycles. The summed E-state index contributed by atoms with van der Waals surface area (Å²) in [4.78, 5) is 58.7. The summed E-state index contributed by atoms with van der Waals surface area (Å²) in [6, 6.07) is 14.4. The number of ether oxygens (including phenoxy) is 4. The molecule has 0 radical (unpaired) electrons. The van der Waals surface area contributed by atoms with E-state index in [9.17, 15) is 24.0 Å². The Morgan fingerprint density at radius 1 is 0.562 bits per heavy atom. The molecule has 0 N–H and O–H groups in total. The number of rotatable bonds is 4. The predicted molar refractivity (Wildman–Crippen MR) is 104 cm³/mol. The van der Waals surface area contributed by atoms with Gasteiger partial charge in [0.15, 0.2) is 0 Å². The van der Waals surface area contributed by atoms with Gasteiger partial charge in [0.25, 0.3) is 0 Å². The lowest BCUT2D eigenvalue weighted by atomic mass is 10.1. The highest BCUT2D eigenvalue weighted by Crippen LogP contribution is 2.29. The van der Waals surface area contributed by atoms with E-state index < -0.39 is 29.8 Å². The van der Waals surface area contributed by atoms with Crippen molar-refractivity contribution in [1.29, 1.82) is 0 Å². The second-order valence-electron chi connectivity index (χ2n) is 6.78. The van der Waals surface area contributed by atoms with Crippen molar-refractivity contribution < 1.29 is 42.9 Å². The molecule has 0 aromatic heterocycles. The third-order valence-electron chi connectivity index (χ3n) is 4.77. The average Bonchev–Trinajstić information content (AvgIpc) is 3.23. The predicted octanol–water partition coefficient (Wildman–Crippen LogP) is 3.32. The summed E-state index contributed by atoms with van der Waals surface area (Å²) in [5.41, 5.74) is 0.479. The lowest BCUT2D eigenvalue weighted by Crippen LogP contribution is -2.09. The largest absolute Gasteiger partial charge is 0.457 e. The van der Waals surface area contributed by atoms with Crippen molar-refractivity contribution >= 4 is 29.8 Å². The van der Waals surface area contributed by atoms with Crippen LogP contribution in [0.5, 0.6) is 17.2 Å². The summed E-state index contributed by atoms with van der Waals surface area (Å²) in [6.07, 6.45) is 0. The van der Waals surface area contributed by atoms with Gasteiger partial charge in [-0.2, -0.15) is 0 Å². The van der Waals surface area contributed by atoms with Gasteiger partial charge in [-0.3, -0.25) is 0 Å². The number of benzene rings is 3. The van der Waals surface area contributed by atoms with Crippen LogP contribution in [0.15, 0.2) is 60.7 Å². The van der Waals surface area contributed by atoms with Crippen LogP contribution in [0.25, 0.3) is 0 Å². The zero-order valence-corrected chi connectivity index (χ0v) is 15.9. The molecule has 0 bridgehead atoms. The van der Waals surface area contributed by atoms with Crippen LogP contribution in [0.1, 0.15) is 51.8 Å². The third kappa shape index (κ3) is 3.27. The van der Waals surface area contributed by atoms with Gasteiger partial charge in [0.2, 0.25) is 0 Å². The van der Waals surface area contributed by atoms with Crippen LogP contribution in [0, 0.1) is 0 Å². The average molecular weight is 430 g/mol. The first-order valence-corrected chi connectivity index (χ1v) is 9.20. The van der Waals surface area contributed by atoms with Gasteiger partial charge in [-0.15, -0.1) is 0 Å². The van der Waals surface area contributed by atoms with Gasteiger partial charge in [0, 0.05) is 0 Å². The highest BCUT2D eigenvalue weighted by Gasteiger charge is 2.31. The van der Waals surface area contributed by atoms with Crippen LogP contribution < -0.4 is 9.47 Å². The fourth-order valence-electron chi connectivity index (χ4n) is 3.22. The van der Waals surface area contributed by atoms with Gasteiger partial charge < -0.3 is 18.9 Å². The fraction of sp³-hybridized carbons (Fsp3) is 0. The number of carbonyl (C=O) groups is 5. The van der Waals surface area contributed by atoms with Crippen LogP contribution in [-0.4, -0.2) is 29.8 Å². The van der Waals surface area contributed by atoms with E-state index in [0.717, 1.165) is 0 Å². The second-order valence-corrected chi connectivity index (χ2v) is 6.78. The Balaban J connectivity index is 1.28. The highest BCUT2D eigenvalue weighted by atomic mass is 16.6. The van der Waals surface area contributed by atoms with Crippen molar-refractivity contribution in [3.05, 3.63) is 88.5 Å². The molecule has 2 aliphatic heterocycles. The topological polar surface area (TPSA) is 122 Å². The van der Waals surface area contributed by atoms with Crippen LogP contribution >= 0.6 is 0 Å². The number of carbonyl (C=O) groups excluding carboxylic acids is 5. The van der Waals surface area contributed by atoms with Crippen LogP contribution in [0.2, 0.25) is 0 Å². The third-order valence-corrected chi connectivity index (χ3v) is 4.77. The quantitative estimate of drug-likeness (QED) is 0.348. The van der Waals surface area contributed by atoms with E-state index >= 15 is 0 Å². The maximum Gasteiger partial charge on any atom is 0.347 e. The van der Waals surface area contributed by atoms with Crippen LogP contribution in [0.4, 0.5) is 0 Å². The molecule has 2 aliphatic rings. The number of hydrogen-bond donors (Lipinski definition) is 0. The summed E-state index contributed by atoms with van der Waals surface area (Å²) < 4.78 is 20.0. The molecule has 3 aromatic rings. The second kappa shape index (κ2) is 7.17. The van der Waals surface area contributed by atoms with E-state index in [0.29, 0.717) is 11.5 Å². The molecule has 0 fully saturated rings. The number of cyclic esters (lactones) is 4. The lowest BCUT2D eigenvalue weighted by molar-refractivity contribution is 0.0425. The van der Waals surface area contributed by atoms with E-state index in [-0.39, 0.29) is 33.6 Å². The molecule has 0 aliphatic carbocycles. The summed E-state index contributed by atoms with van der Waals surface area (Å²) >= 11 is 0. The number of fused-ring (bicyclic) bond motifs is 2. The van der Waals surface area contributed by atoms with Gasteiger partial charge >= 0.3 is 29.8 Å². The van der Waals surface area contributed by atoms with Gasteiger partial charge in [0.05, 0.1) is 27.8 Å². The first-order valence-electron chi connectivity index (χ1n) is 9.20. The summed E-state index contributed by atoms with van der Waals surface area (Å²) in [6.45, 7) is 0. The smallest absolute Gasteiger partial charge is 0.347 e. The zero-order chi connectivity index (χ0) is 22.4. The Morgan fingerprint density at radius 2 is 1.06 bits per heavy atom.